The van der Waals surface area contributed by atoms with E-state index in [1.807, 2.05) is 0 Å². The number of benzene rings is 3. The fourth-order valence-electron chi connectivity index (χ4n) is 12.9. The summed E-state index contributed by atoms with van der Waals surface area (Å²) in [6.07, 6.45) is 21.2. The third-order valence-corrected chi connectivity index (χ3v) is 26.3. The summed E-state index contributed by atoms with van der Waals surface area (Å²) >= 11 is 3.08. The van der Waals surface area contributed by atoms with Crippen molar-refractivity contribution in [2.24, 2.45) is 0 Å². The van der Waals surface area contributed by atoms with E-state index in [2.05, 4.69) is 119 Å². The van der Waals surface area contributed by atoms with Gasteiger partial charge in [-0.3, -0.25) is 0 Å². The van der Waals surface area contributed by atoms with Crippen molar-refractivity contribution in [2.75, 3.05) is 66.7 Å². The van der Waals surface area contributed by atoms with Crippen LogP contribution in [0.1, 0.15) is 125 Å². The average molecular weight is 1430 g/mol. The molecule has 23 nitrogen and oxygen atoms in total. The highest BCUT2D eigenvalue weighted by Crippen LogP contribution is 2.42. The Morgan fingerprint density at radius 2 is 0.870 bits per heavy atom. The summed E-state index contributed by atoms with van der Waals surface area (Å²) in [7, 11) is -13.3. The van der Waals surface area contributed by atoms with Crippen molar-refractivity contribution in [3.63, 3.8) is 0 Å². The molecule has 0 atom stereocenters. The smallest absolute Gasteiger partial charge is 0.249 e. The van der Waals surface area contributed by atoms with Crippen LogP contribution in [0.25, 0.3) is 0 Å². The van der Waals surface area contributed by atoms with Gasteiger partial charge < -0.3 is 41.2 Å². The molecule has 12 rings (SSSR count). The minimum Gasteiger partial charge on any atom is -0.398 e. The van der Waals surface area contributed by atoms with Crippen molar-refractivity contribution in [3.8, 4) is 0 Å². The number of aliphatic hydroxyl groups excluding tert-OH is 3. The fourth-order valence-corrected chi connectivity index (χ4v) is 18.6. The van der Waals surface area contributed by atoms with Gasteiger partial charge in [0.1, 0.15) is 13.5 Å². The maximum Gasteiger partial charge on any atom is 0.249 e. The lowest BCUT2D eigenvalue weighted by Gasteiger charge is -2.15. The number of aryl methyl sites for hydroxylation is 6. The second-order valence-corrected chi connectivity index (χ2v) is 45.2. The van der Waals surface area contributed by atoms with E-state index in [-0.39, 0.29) is 96.0 Å². The van der Waals surface area contributed by atoms with Crippen molar-refractivity contribution in [3.05, 3.63) is 89.7 Å². The van der Waals surface area contributed by atoms with Crippen molar-refractivity contribution in [2.45, 2.75) is 215 Å². The molecule has 0 bridgehead atoms. The van der Waals surface area contributed by atoms with Crippen LogP contribution in [0.5, 0.6) is 0 Å². The van der Waals surface area contributed by atoms with E-state index in [1.165, 1.54) is 115 Å². The largest absolute Gasteiger partial charge is 0.398 e. The average Bonchev–Trinajstić information content (AvgIpc) is 1.64. The Balaban J connectivity index is 0.000000151. The van der Waals surface area contributed by atoms with Crippen LogP contribution in [0.4, 0.5) is 29.0 Å². The van der Waals surface area contributed by atoms with Crippen molar-refractivity contribution in [1.82, 2.24) is 44.7 Å². The minimum absolute atomic E-state index is 0.0395. The van der Waals surface area contributed by atoms with Crippen molar-refractivity contribution < 1.29 is 50.0 Å². The zero-order valence-corrected chi connectivity index (χ0v) is 60.5. The first kappa shape index (κ1) is 71.3. The zero-order valence-electron chi connectivity index (χ0n) is 54.4. The van der Waals surface area contributed by atoms with Crippen LogP contribution in [-0.2, 0) is 129 Å². The molecule has 0 radical (unpaired) electrons. The number of rotatable bonds is 26. The number of H-pyrrole nitrogens is 1. The second kappa shape index (κ2) is 31.3. The van der Waals surface area contributed by atoms with E-state index < -0.39 is 45.7 Å². The maximum absolute atomic E-state index is 12.9. The van der Waals surface area contributed by atoms with Gasteiger partial charge in [-0.05, 0) is 230 Å². The molecule has 0 unspecified atom stereocenters. The summed E-state index contributed by atoms with van der Waals surface area (Å²) in [6.45, 7) is 14.2. The van der Waals surface area contributed by atoms with Gasteiger partial charge in [-0.25, -0.2) is 39.7 Å². The van der Waals surface area contributed by atoms with Gasteiger partial charge in [0.2, 0.25) is 61.6 Å². The number of aromatic amines is 1. The molecule has 8 N–H and O–H groups in total. The Bertz CT molecular complexity index is 3810. The van der Waals surface area contributed by atoms with Crippen molar-refractivity contribution in [1.29, 1.82) is 0 Å². The second-order valence-electron chi connectivity index (χ2n) is 27.2. The molecule has 92 heavy (non-hydrogen) atoms. The van der Waals surface area contributed by atoms with Gasteiger partial charge in [0.05, 0.1) is 17.3 Å². The molecule has 0 saturated carbocycles. The van der Waals surface area contributed by atoms with Gasteiger partial charge in [-0.1, -0.05) is 57.5 Å². The molecule has 3 aromatic carbocycles. The fraction of sp³-hybridized carbons (Fsp3) is 0.619. The van der Waals surface area contributed by atoms with Crippen LogP contribution < -0.4 is 16.4 Å². The number of ether oxygens (including phenoxy) is 2. The monoisotopic (exact) mass is 1430 g/mol. The number of fused-ring (bicyclic) bond motifs is 6. The Morgan fingerprint density at radius 3 is 1.27 bits per heavy atom. The van der Waals surface area contributed by atoms with E-state index in [4.69, 9.17) is 30.5 Å². The normalized spacial score (nSPS) is 15.5. The summed E-state index contributed by atoms with van der Waals surface area (Å²) in [5, 5.41) is 48.1. The number of aliphatic hydroxyl groups is 3. The summed E-state index contributed by atoms with van der Waals surface area (Å²) in [5.74, 6) is 0.0996. The molecule has 0 spiro atoms. The molecule has 0 amide bonds. The highest BCUT2D eigenvalue weighted by molar-refractivity contribution is 9.10. The Kier molecular flexibility index (Phi) is 24.3. The topological polar surface area (TPSA) is 335 Å². The number of nitrogens with two attached hydrogens (primary N) is 1. The zero-order chi connectivity index (χ0) is 66.0. The van der Waals surface area contributed by atoms with Crippen LogP contribution in [0, 0.1) is 0 Å². The van der Waals surface area contributed by atoms with Gasteiger partial charge in [-0.2, -0.15) is 15.0 Å². The lowest BCUT2D eigenvalue weighted by atomic mass is 9.99. The predicted octanol–water partition coefficient (Wildman–Crippen LogP) is 8.90. The van der Waals surface area contributed by atoms with E-state index in [9.17, 15) is 25.3 Å². The quantitative estimate of drug-likeness (QED) is 0.0151. The SMILES string of the molecule is C[Si](C)(C)CCOCn1nc(Br)nc1S(=O)(=O)CCCO.C[Si](C)(C)CCOCn1nc(Nc2c3c(cc4c2CCC4)CCC3)nc1S(=O)(=O)CCCO.Nc1c2c(cc3c1CCC3)CCC2.O=S(=O)(CCCO)c1nc(Nc2c3c(cc4c2CCC4)CCC3)n[nH]1. The van der Waals surface area contributed by atoms with Gasteiger partial charge in [0.15, 0.2) is 0 Å². The third kappa shape index (κ3) is 18.3. The number of nitrogens with one attached hydrogen (secondary N) is 3. The number of nitrogen functional groups attached to an aromatic ring is 1. The number of halogens is 1. The van der Waals surface area contributed by atoms with Gasteiger partial charge >= 0.3 is 0 Å². The maximum atomic E-state index is 12.9. The first-order chi connectivity index (χ1) is 43.8. The third-order valence-electron chi connectivity index (χ3n) is 17.6. The van der Waals surface area contributed by atoms with Gasteiger partial charge in [-0.15, -0.1) is 15.3 Å². The molecule has 6 aromatic rings. The van der Waals surface area contributed by atoms with E-state index in [0.717, 1.165) is 106 Å². The number of sulfone groups is 3. The molecule has 0 fully saturated rings. The molecule has 6 aliphatic carbocycles. The van der Waals surface area contributed by atoms with Crippen LogP contribution in [0.3, 0.4) is 0 Å². The highest BCUT2D eigenvalue weighted by Gasteiger charge is 2.31. The number of hydrogen-bond acceptors (Lipinski definition) is 20. The molecular weight excluding hydrogens is 1330 g/mol. The van der Waals surface area contributed by atoms with Crippen LogP contribution >= 0.6 is 15.9 Å². The molecule has 0 saturated heterocycles. The Morgan fingerprint density at radius 1 is 0.511 bits per heavy atom. The summed E-state index contributed by atoms with van der Waals surface area (Å²) in [5.41, 5.74) is 26.4. The Hall–Kier alpha value is -4.96. The summed E-state index contributed by atoms with van der Waals surface area (Å²) in [4.78, 5) is 12.4. The molecule has 3 aromatic heterocycles. The Labute approximate surface area is 553 Å². The first-order valence-electron chi connectivity index (χ1n) is 32.7. The van der Waals surface area contributed by atoms with Crippen LogP contribution in [0.2, 0.25) is 51.4 Å². The van der Waals surface area contributed by atoms with E-state index >= 15 is 0 Å². The molecule has 3 heterocycles. The number of hydrogen-bond donors (Lipinski definition) is 7. The van der Waals surface area contributed by atoms with Gasteiger partial charge in [0, 0.05) is 66.2 Å². The van der Waals surface area contributed by atoms with Crippen molar-refractivity contribution >= 4 is 90.5 Å². The number of nitrogens with zero attached hydrogens (tertiary/aromatic N) is 8. The predicted molar refractivity (Wildman–Crippen MR) is 366 cm³/mol. The number of anilines is 5. The lowest BCUT2D eigenvalue weighted by molar-refractivity contribution is 0.0712. The lowest BCUT2D eigenvalue weighted by Crippen LogP contribution is -2.23. The van der Waals surface area contributed by atoms with Crippen LogP contribution in [0.15, 0.2) is 38.4 Å². The van der Waals surface area contributed by atoms with E-state index in [1.54, 1.807) is 0 Å². The molecule has 0 aliphatic heterocycles. The molecular formula is C63H95BrN12O11S3Si2. The van der Waals surface area contributed by atoms with Gasteiger partial charge in [0.25, 0.3) is 0 Å². The van der Waals surface area contributed by atoms with Crippen LogP contribution in [-0.4, -0.2) is 152 Å². The molecule has 6 aliphatic rings. The van der Waals surface area contributed by atoms with E-state index in [0.29, 0.717) is 19.2 Å². The summed E-state index contributed by atoms with van der Waals surface area (Å²) < 4.78 is 88.5. The standard InChI is InChI=1S/C23H36N4O4SSi.C17H22N4O3S.C12H15N.C11H22BrN3O4SSi/c1-33(2,3)14-12-31-16-27-23(32(29,30)13-6-11-28)25-22(26-27)24-21-19-9-4-7-17(19)15-18-8-5-10-20(18)21;22-8-3-9-25(23,24)17-19-16(20-21-17)18-15-13-6-1-4-11(13)10-12-5-2-7-14(12)15;13-12-10-5-1-3-8(10)7-9-4-2-6-11(9)12;1-21(2,3)8-6-19-9-15-11(13-10(12)14-15)20(17,18)7-4-5-16/h15,28H,4-14,16H2,1-3H3,(H,24,26);10,22H,1-9H2,(H2,18,19,20,21);7H,1-6,13H2;16H,4-9H2,1-3H3. The minimum atomic E-state index is -3.70. The summed E-state index contributed by atoms with van der Waals surface area (Å²) in [6, 6.07) is 9.11. The molecule has 29 heteroatoms. The first-order valence-corrected chi connectivity index (χ1v) is 45.9. The molecule has 506 valence electrons. The number of aromatic nitrogens is 9. The highest BCUT2D eigenvalue weighted by atomic mass is 79.9.